The minimum absolute atomic E-state index is 0.0211. The van der Waals surface area contributed by atoms with Gasteiger partial charge in [0, 0.05) is 50.8 Å². The van der Waals surface area contributed by atoms with Crippen molar-refractivity contribution in [2.24, 2.45) is 17.8 Å². The molecule has 0 amide bonds. The molecule has 4 bridgehead atoms. The molecule has 4 atom stereocenters. The van der Waals surface area contributed by atoms with Gasteiger partial charge in [0.15, 0.2) is 0 Å². The Kier molecular flexibility index (Phi) is 7.13. The van der Waals surface area contributed by atoms with Crippen molar-refractivity contribution in [1.82, 2.24) is 0 Å². The van der Waals surface area contributed by atoms with Crippen molar-refractivity contribution in [3.8, 4) is 11.1 Å². The fourth-order valence-electron chi connectivity index (χ4n) is 16.1. The van der Waals surface area contributed by atoms with Crippen LogP contribution >= 0.6 is 0 Å². The number of anilines is 7. The second-order valence-electron chi connectivity index (χ2n) is 23.3. The molecule has 6 aromatic carbocycles. The fourth-order valence-corrected chi connectivity index (χ4v) is 19.3. The predicted molar refractivity (Wildman–Crippen MR) is 270 cm³/mol. The summed E-state index contributed by atoms with van der Waals surface area (Å²) in [5.41, 5.74) is 20.4. The number of fused-ring (bicyclic) bond motifs is 3. The maximum Gasteiger partial charge on any atom is 0.251 e. The molecular weight excluding hydrogens is 778 g/mol. The molecule has 5 saturated carbocycles. The van der Waals surface area contributed by atoms with E-state index in [0.29, 0.717) is 0 Å². The van der Waals surface area contributed by atoms with E-state index >= 15 is 0 Å². The molecule has 5 heteroatoms. The normalized spacial score (nSPS) is 29.3. The quantitative estimate of drug-likeness (QED) is 0.164. The molecule has 0 aromatic heterocycles. The summed E-state index contributed by atoms with van der Waals surface area (Å²) in [5, 5.41) is 3.28. The summed E-state index contributed by atoms with van der Waals surface area (Å²) in [4.78, 5) is 8.67. The molecule has 63 heavy (non-hydrogen) atoms. The minimum atomic E-state index is -2.08. The van der Waals surface area contributed by atoms with Gasteiger partial charge in [0.05, 0.1) is 5.54 Å². The van der Waals surface area contributed by atoms with Crippen LogP contribution in [0.4, 0.5) is 39.8 Å². The van der Waals surface area contributed by atoms with E-state index in [0.717, 1.165) is 17.8 Å². The maximum absolute atomic E-state index is 3.06. The third-order valence-corrected chi connectivity index (χ3v) is 22.8. The Labute approximate surface area is 376 Å². The average molecular weight is 838 g/mol. The first-order valence-electron chi connectivity index (χ1n) is 24.5. The molecule has 5 aliphatic carbocycles. The summed E-state index contributed by atoms with van der Waals surface area (Å²) >= 11 is 0. The van der Waals surface area contributed by atoms with Crippen molar-refractivity contribution in [2.75, 3.05) is 14.7 Å². The van der Waals surface area contributed by atoms with Crippen molar-refractivity contribution in [2.45, 2.75) is 121 Å². The minimum Gasteiger partial charge on any atom is -0.336 e. The SMILES string of the molecule is CC(C)(C)c1ccc(N2c3cc(N4c5ccc(-c6ccccc6)cc5C5(C)CCCCC45C)cc4c3B3c5c2cccc5[Si](C)(C)c2cccc(c23)N4C23CC4CC2CC4C3)cc1. The zero-order valence-electron chi connectivity index (χ0n) is 38.4. The number of hydrogen-bond acceptors (Lipinski definition) is 3. The molecule has 5 fully saturated rings. The third kappa shape index (κ3) is 4.49. The molecule has 0 spiro atoms. The molecule has 4 heterocycles. The molecule has 0 radical (unpaired) electrons. The lowest BCUT2D eigenvalue weighted by Gasteiger charge is -2.55. The van der Waals surface area contributed by atoms with Gasteiger partial charge in [-0.2, -0.15) is 0 Å². The van der Waals surface area contributed by atoms with Crippen molar-refractivity contribution < 1.29 is 0 Å². The predicted octanol–water partition coefficient (Wildman–Crippen LogP) is 11.5. The van der Waals surface area contributed by atoms with E-state index in [9.17, 15) is 0 Å². The van der Waals surface area contributed by atoms with Crippen LogP contribution in [0.2, 0.25) is 13.1 Å². The first-order chi connectivity index (χ1) is 30.3. The molecule has 3 nitrogen and oxygen atoms in total. The van der Waals surface area contributed by atoms with Crippen LogP contribution in [0.3, 0.4) is 0 Å². The van der Waals surface area contributed by atoms with E-state index in [2.05, 4.69) is 184 Å². The molecule has 4 aliphatic heterocycles. The standard InChI is InChI=1S/C58H60BN3Si/c1-55(2,3)40-22-24-42(25-23-40)60-46-17-13-19-50-53(46)59-52-48(60)32-43(61-45-26-21-37(36-15-9-8-10-16-36)31-44(45)56(4)27-11-12-28-57(56,61)5)33-49(52)62(58-34-38-29-41(58)30-39(38)35-58)47-18-14-20-51(54(47)59)63(50,6)7/h8-10,13-26,31-33,38-39,41H,11-12,27-30,34-35H2,1-7H3. The van der Waals surface area contributed by atoms with Gasteiger partial charge < -0.3 is 14.7 Å². The summed E-state index contributed by atoms with van der Waals surface area (Å²) in [5.74, 6) is 2.53. The van der Waals surface area contributed by atoms with E-state index in [1.807, 2.05) is 0 Å². The maximum atomic E-state index is 3.06. The summed E-state index contributed by atoms with van der Waals surface area (Å²) in [7, 11) is -2.08. The molecule has 0 N–H and O–H groups in total. The Bertz CT molecular complexity index is 2950. The lowest BCUT2D eigenvalue weighted by molar-refractivity contribution is 0.195. The lowest BCUT2D eigenvalue weighted by Crippen LogP contribution is -2.80. The third-order valence-electron chi connectivity index (χ3n) is 19.2. The van der Waals surface area contributed by atoms with Gasteiger partial charge in [-0.05, 0) is 156 Å². The van der Waals surface area contributed by atoms with Gasteiger partial charge >= 0.3 is 0 Å². The van der Waals surface area contributed by atoms with Crippen LogP contribution in [0.15, 0.2) is 121 Å². The number of benzene rings is 6. The fraction of sp³-hybridized carbons (Fsp3) is 0.379. The number of nitrogens with zero attached hydrogens (tertiary/aromatic N) is 3. The second-order valence-corrected chi connectivity index (χ2v) is 27.7. The van der Waals surface area contributed by atoms with E-state index in [-0.39, 0.29) is 28.6 Å². The second kappa shape index (κ2) is 12.0. The van der Waals surface area contributed by atoms with Gasteiger partial charge in [-0.15, -0.1) is 0 Å². The summed E-state index contributed by atoms with van der Waals surface area (Å²) < 4.78 is 0. The van der Waals surface area contributed by atoms with Crippen molar-refractivity contribution >= 4 is 81.4 Å². The summed E-state index contributed by atoms with van der Waals surface area (Å²) in [6.45, 7) is 17.8. The van der Waals surface area contributed by atoms with Crippen molar-refractivity contribution in [3.05, 3.63) is 132 Å². The Morgan fingerprint density at radius 3 is 1.94 bits per heavy atom. The zero-order chi connectivity index (χ0) is 42.6. The van der Waals surface area contributed by atoms with E-state index < -0.39 is 8.07 Å². The van der Waals surface area contributed by atoms with E-state index in [1.165, 1.54) is 113 Å². The molecule has 4 unspecified atom stereocenters. The topological polar surface area (TPSA) is 9.72 Å². The highest BCUT2D eigenvalue weighted by Gasteiger charge is 2.67. The Morgan fingerprint density at radius 1 is 0.587 bits per heavy atom. The smallest absolute Gasteiger partial charge is 0.251 e. The van der Waals surface area contributed by atoms with Crippen LogP contribution in [0.1, 0.15) is 97.1 Å². The largest absolute Gasteiger partial charge is 0.336 e. The van der Waals surface area contributed by atoms with Crippen LogP contribution < -0.4 is 41.5 Å². The van der Waals surface area contributed by atoms with Crippen molar-refractivity contribution in [3.63, 3.8) is 0 Å². The zero-order valence-corrected chi connectivity index (χ0v) is 39.4. The van der Waals surface area contributed by atoms with E-state index in [4.69, 9.17) is 0 Å². The molecular formula is C58H60BN3Si. The van der Waals surface area contributed by atoms with Crippen LogP contribution in [0.25, 0.3) is 11.1 Å². The van der Waals surface area contributed by atoms with Crippen LogP contribution in [0.5, 0.6) is 0 Å². The van der Waals surface area contributed by atoms with Gasteiger partial charge in [0.2, 0.25) is 0 Å². The molecule has 9 aliphatic rings. The molecule has 314 valence electrons. The molecule has 15 rings (SSSR count). The highest BCUT2D eigenvalue weighted by Crippen LogP contribution is 2.70. The van der Waals surface area contributed by atoms with Gasteiger partial charge in [-0.1, -0.05) is 137 Å². The first kappa shape index (κ1) is 37.4. The lowest BCUT2D eigenvalue weighted by atomic mass is 9.33. The van der Waals surface area contributed by atoms with Crippen molar-refractivity contribution in [1.29, 1.82) is 0 Å². The van der Waals surface area contributed by atoms with Gasteiger partial charge in [-0.3, -0.25) is 0 Å². The van der Waals surface area contributed by atoms with Gasteiger partial charge in [-0.25, -0.2) is 0 Å². The number of rotatable bonds is 4. The van der Waals surface area contributed by atoms with Crippen LogP contribution in [-0.4, -0.2) is 25.9 Å². The molecule has 6 aromatic rings. The Hall–Kier alpha value is -5.00. The highest BCUT2D eigenvalue weighted by atomic mass is 28.3. The summed E-state index contributed by atoms with van der Waals surface area (Å²) in [6, 6.07) is 48.6. The Morgan fingerprint density at radius 2 is 1.25 bits per heavy atom. The van der Waals surface area contributed by atoms with E-state index in [1.54, 1.807) is 26.8 Å². The highest BCUT2D eigenvalue weighted by molar-refractivity contribution is 7.16. The molecule has 0 saturated heterocycles. The van der Waals surface area contributed by atoms with Gasteiger partial charge in [0.25, 0.3) is 6.71 Å². The average Bonchev–Trinajstić information content (AvgIpc) is 4.07. The monoisotopic (exact) mass is 837 g/mol. The summed E-state index contributed by atoms with van der Waals surface area (Å²) in [6.07, 6.45) is 10.5. The first-order valence-corrected chi connectivity index (χ1v) is 27.5. The number of hydrogen-bond donors (Lipinski definition) is 0. The van der Waals surface area contributed by atoms with Crippen LogP contribution in [0, 0.1) is 17.8 Å². The van der Waals surface area contributed by atoms with Crippen LogP contribution in [-0.2, 0) is 10.8 Å². The Balaban J connectivity index is 1.08. The van der Waals surface area contributed by atoms with Gasteiger partial charge in [0.1, 0.15) is 8.07 Å².